The van der Waals surface area contributed by atoms with Crippen molar-refractivity contribution in [1.82, 2.24) is 4.98 Å². The Kier molecular flexibility index (Phi) is 4.04. The van der Waals surface area contributed by atoms with E-state index in [1.165, 1.54) is 6.07 Å². The molecule has 1 aromatic carbocycles. The second-order valence-corrected chi connectivity index (χ2v) is 4.77. The lowest BCUT2D eigenvalue weighted by Gasteiger charge is -2.11. The van der Waals surface area contributed by atoms with Crippen LogP contribution >= 0.6 is 15.9 Å². The summed E-state index contributed by atoms with van der Waals surface area (Å²) in [5.41, 5.74) is 0.704. The van der Waals surface area contributed by atoms with E-state index < -0.39 is 17.7 Å². The average molecular weight is 314 g/mol. The Labute approximate surface area is 111 Å². The Morgan fingerprint density at radius 2 is 2.00 bits per heavy atom. The molecule has 2 aromatic rings. The zero-order chi connectivity index (χ0) is 13.1. The van der Waals surface area contributed by atoms with Crippen molar-refractivity contribution < 1.29 is 13.9 Å². The van der Waals surface area contributed by atoms with E-state index in [1.807, 2.05) is 0 Å². The third-order valence-corrected chi connectivity index (χ3v) is 2.98. The van der Waals surface area contributed by atoms with E-state index >= 15 is 0 Å². The first-order valence-corrected chi connectivity index (χ1v) is 6.09. The second kappa shape index (κ2) is 5.54. The standard InChI is InChI=1S/C13H10BrF2NO/c14-8-1-3-10(17-7-8)6-13(18)11-4-2-9(15)5-12(11)16/h1-5,7,13,18H,6H2. The summed E-state index contributed by atoms with van der Waals surface area (Å²) in [7, 11) is 0. The number of aliphatic hydroxyl groups excluding tert-OH is 1. The zero-order valence-electron chi connectivity index (χ0n) is 9.28. The Balaban J connectivity index is 2.16. The first-order chi connectivity index (χ1) is 8.56. The van der Waals surface area contributed by atoms with E-state index in [-0.39, 0.29) is 12.0 Å². The Bertz CT molecular complexity index is 545. The molecule has 94 valence electrons. The molecule has 0 bridgehead atoms. The molecule has 0 saturated carbocycles. The smallest absolute Gasteiger partial charge is 0.131 e. The fraction of sp³-hybridized carbons (Fsp3) is 0.154. The molecule has 2 rings (SSSR count). The van der Waals surface area contributed by atoms with Crippen molar-refractivity contribution in [3.8, 4) is 0 Å². The maximum atomic E-state index is 13.4. The van der Waals surface area contributed by atoms with Gasteiger partial charge in [-0.1, -0.05) is 6.07 Å². The predicted octanol–water partition coefficient (Wildman–Crippen LogP) is 3.40. The molecule has 0 radical (unpaired) electrons. The summed E-state index contributed by atoms with van der Waals surface area (Å²) >= 11 is 3.25. The van der Waals surface area contributed by atoms with Crippen LogP contribution in [0.3, 0.4) is 0 Å². The minimum Gasteiger partial charge on any atom is -0.388 e. The summed E-state index contributed by atoms with van der Waals surface area (Å²) in [6.07, 6.45) is 0.734. The molecule has 1 unspecified atom stereocenters. The minimum absolute atomic E-state index is 0.0705. The Hall–Kier alpha value is -1.33. The van der Waals surface area contributed by atoms with Gasteiger partial charge in [0.1, 0.15) is 11.6 Å². The van der Waals surface area contributed by atoms with Crippen LogP contribution in [0.15, 0.2) is 41.0 Å². The van der Waals surface area contributed by atoms with Crippen molar-refractivity contribution in [3.63, 3.8) is 0 Å². The number of hydrogen-bond acceptors (Lipinski definition) is 2. The van der Waals surface area contributed by atoms with Crippen molar-refractivity contribution in [2.75, 3.05) is 0 Å². The van der Waals surface area contributed by atoms with Crippen LogP contribution in [0.1, 0.15) is 17.4 Å². The summed E-state index contributed by atoms with van der Waals surface area (Å²) in [4.78, 5) is 4.09. The molecule has 18 heavy (non-hydrogen) atoms. The highest BCUT2D eigenvalue weighted by molar-refractivity contribution is 9.10. The quantitative estimate of drug-likeness (QED) is 0.942. The lowest BCUT2D eigenvalue weighted by Crippen LogP contribution is -2.05. The number of benzene rings is 1. The van der Waals surface area contributed by atoms with Crippen LogP contribution in [0.4, 0.5) is 8.78 Å². The molecule has 0 fully saturated rings. The fourth-order valence-corrected chi connectivity index (χ4v) is 1.84. The number of aromatic nitrogens is 1. The SMILES string of the molecule is OC(Cc1ccc(Br)cn1)c1ccc(F)cc1F. The molecule has 1 atom stereocenters. The van der Waals surface area contributed by atoms with E-state index in [0.717, 1.165) is 16.6 Å². The third kappa shape index (κ3) is 3.11. The number of rotatable bonds is 3. The molecular weight excluding hydrogens is 304 g/mol. The summed E-state index contributed by atoms with van der Waals surface area (Å²) in [5.74, 6) is -1.41. The van der Waals surface area contributed by atoms with E-state index in [9.17, 15) is 13.9 Å². The number of aliphatic hydroxyl groups is 1. The van der Waals surface area contributed by atoms with Crippen LogP contribution in [-0.4, -0.2) is 10.1 Å². The van der Waals surface area contributed by atoms with Gasteiger partial charge in [-0.2, -0.15) is 0 Å². The zero-order valence-corrected chi connectivity index (χ0v) is 10.9. The molecule has 1 heterocycles. The number of hydrogen-bond donors (Lipinski definition) is 1. The van der Waals surface area contributed by atoms with Crippen LogP contribution in [-0.2, 0) is 6.42 Å². The van der Waals surface area contributed by atoms with Gasteiger partial charge in [0.2, 0.25) is 0 Å². The normalized spacial score (nSPS) is 12.4. The Morgan fingerprint density at radius 1 is 1.22 bits per heavy atom. The first kappa shape index (κ1) is 13.1. The topological polar surface area (TPSA) is 33.1 Å². The molecule has 5 heteroatoms. The van der Waals surface area contributed by atoms with Gasteiger partial charge in [0, 0.05) is 34.4 Å². The summed E-state index contributed by atoms with van der Waals surface area (Å²) in [5, 5.41) is 9.90. The highest BCUT2D eigenvalue weighted by atomic mass is 79.9. The third-order valence-electron chi connectivity index (χ3n) is 2.51. The molecule has 0 amide bonds. The predicted molar refractivity (Wildman–Crippen MR) is 67.0 cm³/mol. The molecule has 0 spiro atoms. The monoisotopic (exact) mass is 313 g/mol. The van der Waals surface area contributed by atoms with Crippen molar-refractivity contribution in [2.24, 2.45) is 0 Å². The summed E-state index contributed by atoms with van der Waals surface area (Å²) < 4.78 is 27.0. The van der Waals surface area contributed by atoms with Gasteiger partial charge in [0.15, 0.2) is 0 Å². The highest BCUT2D eigenvalue weighted by Gasteiger charge is 2.14. The fourth-order valence-electron chi connectivity index (χ4n) is 1.61. The van der Waals surface area contributed by atoms with Crippen molar-refractivity contribution in [2.45, 2.75) is 12.5 Å². The minimum atomic E-state index is -1.04. The molecule has 0 saturated heterocycles. The second-order valence-electron chi connectivity index (χ2n) is 3.85. The molecular formula is C13H10BrF2NO. The van der Waals surface area contributed by atoms with Gasteiger partial charge >= 0.3 is 0 Å². The lowest BCUT2D eigenvalue weighted by atomic mass is 10.0. The largest absolute Gasteiger partial charge is 0.388 e. The van der Waals surface area contributed by atoms with Crippen LogP contribution in [0.2, 0.25) is 0 Å². The molecule has 0 aliphatic heterocycles. The van der Waals surface area contributed by atoms with Gasteiger partial charge in [0.05, 0.1) is 6.10 Å². The van der Waals surface area contributed by atoms with E-state index in [0.29, 0.717) is 5.69 Å². The maximum Gasteiger partial charge on any atom is 0.131 e. The highest BCUT2D eigenvalue weighted by Crippen LogP contribution is 2.21. The van der Waals surface area contributed by atoms with E-state index in [2.05, 4.69) is 20.9 Å². The van der Waals surface area contributed by atoms with Gasteiger partial charge in [-0.3, -0.25) is 4.98 Å². The summed E-state index contributed by atoms with van der Waals surface area (Å²) in [6, 6.07) is 6.64. The van der Waals surface area contributed by atoms with Gasteiger partial charge in [-0.25, -0.2) is 8.78 Å². The van der Waals surface area contributed by atoms with E-state index in [4.69, 9.17) is 0 Å². The summed E-state index contributed by atoms with van der Waals surface area (Å²) in [6.45, 7) is 0. The lowest BCUT2D eigenvalue weighted by molar-refractivity contribution is 0.172. The first-order valence-electron chi connectivity index (χ1n) is 5.29. The van der Waals surface area contributed by atoms with Gasteiger partial charge in [-0.05, 0) is 34.1 Å². The molecule has 0 aliphatic carbocycles. The van der Waals surface area contributed by atoms with Crippen molar-refractivity contribution in [1.29, 1.82) is 0 Å². The van der Waals surface area contributed by atoms with Gasteiger partial charge in [-0.15, -0.1) is 0 Å². The van der Waals surface area contributed by atoms with Crippen LogP contribution < -0.4 is 0 Å². The number of halogens is 3. The molecule has 0 aliphatic rings. The average Bonchev–Trinajstić information content (AvgIpc) is 2.32. The Morgan fingerprint density at radius 3 is 2.61 bits per heavy atom. The van der Waals surface area contributed by atoms with Gasteiger partial charge in [0.25, 0.3) is 0 Å². The number of pyridine rings is 1. The van der Waals surface area contributed by atoms with Crippen molar-refractivity contribution >= 4 is 15.9 Å². The van der Waals surface area contributed by atoms with Gasteiger partial charge < -0.3 is 5.11 Å². The molecule has 1 N–H and O–H groups in total. The maximum absolute atomic E-state index is 13.4. The van der Waals surface area contributed by atoms with Crippen molar-refractivity contribution in [3.05, 3.63) is 63.9 Å². The van der Waals surface area contributed by atoms with E-state index in [1.54, 1.807) is 18.3 Å². The molecule has 1 aromatic heterocycles. The van der Waals surface area contributed by atoms with Crippen LogP contribution in [0.25, 0.3) is 0 Å². The van der Waals surface area contributed by atoms with Crippen LogP contribution in [0, 0.1) is 11.6 Å². The molecule has 2 nitrogen and oxygen atoms in total. The number of nitrogens with zero attached hydrogens (tertiary/aromatic N) is 1. The van der Waals surface area contributed by atoms with Crippen LogP contribution in [0.5, 0.6) is 0 Å².